The van der Waals surface area contributed by atoms with E-state index < -0.39 is 0 Å². The molecule has 1 aliphatic rings. The Morgan fingerprint density at radius 2 is 2.12 bits per heavy atom. The second-order valence-corrected chi connectivity index (χ2v) is 6.71. The molecule has 0 unspecified atom stereocenters. The number of carbonyl (C=O) groups excluding carboxylic acids is 1. The van der Waals surface area contributed by atoms with Gasteiger partial charge in [0.05, 0.1) is 0 Å². The van der Waals surface area contributed by atoms with E-state index in [1.165, 1.54) is 12.8 Å². The normalized spacial score (nSPS) is 14.1. The molecule has 7 heteroatoms. The maximum Gasteiger partial charge on any atom is 0.269 e. The van der Waals surface area contributed by atoms with Crippen LogP contribution in [-0.4, -0.2) is 20.7 Å². The van der Waals surface area contributed by atoms with Crippen molar-refractivity contribution in [3.05, 3.63) is 53.5 Å². The van der Waals surface area contributed by atoms with E-state index in [0.29, 0.717) is 5.56 Å². The number of nitrogens with one attached hydrogen (secondary N) is 2. The predicted octanol–water partition coefficient (Wildman–Crippen LogP) is 2.80. The van der Waals surface area contributed by atoms with E-state index in [-0.39, 0.29) is 5.91 Å². The monoisotopic (exact) mass is 343 g/mol. The summed E-state index contributed by atoms with van der Waals surface area (Å²) in [6, 6.07) is 7.63. The summed E-state index contributed by atoms with van der Waals surface area (Å²) in [5.41, 5.74) is 8.68. The molecule has 0 saturated heterocycles. The third-order valence-electron chi connectivity index (χ3n) is 3.88. The molecule has 1 aromatic heterocycles. The summed E-state index contributed by atoms with van der Waals surface area (Å²) >= 11 is 1.62. The molecule has 0 saturated carbocycles. The molecule has 0 fully saturated rings. The summed E-state index contributed by atoms with van der Waals surface area (Å²) < 4.78 is 1.89. The second-order valence-electron chi connectivity index (χ2n) is 5.76. The number of benzene rings is 1. The van der Waals surface area contributed by atoms with Crippen molar-refractivity contribution in [3.8, 4) is 0 Å². The molecule has 0 aliphatic heterocycles. The lowest BCUT2D eigenvalue weighted by molar-refractivity contribution is 0.0938. The van der Waals surface area contributed by atoms with Crippen molar-refractivity contribution in [2.45, 2.75) is 36.6 Å². The highest BCUT2D eigenvalue weighted by Gasteiger charge is 2.08. The Balaban J connectivity index is 1.50. The lowest BCUT2D eigenvalue weighted by atomic mass is 10.1. The van der Waals surface area contributed by atoms with Crippen molar-refractivity contribution >= 4 is 17.7 Å². The third-order valence-corrected chi connectivity index (χ3v) is 4.99. The Morgan fingerprint density at radius 3 is 2.79 bits per heavy atom. The molecule has 24 heavy (non-hydrogen) atoms. The zero-order valence-corrected chi connectivity index (χ0v) is 14.5. The van der Waals surface area contributed by atoms with E-state index in [0.717, 1.165) is 35.0 Å². The van der Waals surface area contributed by atoms with Crippen molar-refractivity contribution in [1.82, 2.24) is 25.6 Å². The summed E-state index contributed by atoms with van der Waals surface area (Å²) in [7, 11) is 1.92. The van der Waals surface area contributed by atoms with Gasteiger partial charge < -0.3 is 9.99 Å². The fourth-order valence-corrected chi connectivity index (χ4v) is 3.31. The highest BCUT2D eigenvalue weighted by atomic mass is 32.2. The van der Waals surface area contributed by atoms with Gasteiger partial charge >= 0.3 is 0 Å². The zero-order valence-electron chi connectivity index (χ0n) is 13.7. The number of nitrogens with zero attached hydrogens (tertiary/aromatic N) is 3. The van der Waals surface area contributed by atoms with Crippen LogP contribution in [-0.2, 0) is 12.8 Å². The van der Waals surface area contributed by atoms with Crippen LogP contribution in [0.15, 0.2) is 47.5 Å². The number of thioether (sulfide) groups is 1. The van der Waals surface area contributed by atoms with E-state index in [1.54, 1.807) is 18.1 Å². The second kappa shape index (κ2) is 8.01. The van der Waals surface area contributed by atoms with E-state index in [2.05, 4.69) is 27.1 Å². The minimum Gasteiger partial charge on any atom is -0.312 e. The van der Waals surface area contributed by atoms with E-state index in [9.17, 15) is 4.79 Å². The molecule has 0 bridgehead atoms. The number of aryl methyl sites for hydroxylation is 1. The maximum atomic E-state index is 12.2. The van der Waals surface area contributed by atoms with Gasteiger partial charge in [-0.25, -0.2) is 0 Å². The van der Waals surface area contributed by atoms with Gasteiger partial charge in [0.15, 0.2) is 5.16 Å². The van der Waals surface area contributed by atoms with Crippen molar-refractivity contribution < 1.29 is 4.79 Å². The van der Waals surface area contributed by atoms with Crippen molar-refractivity contribution in [2.75, 3.05) is 0 Å². The fraction of sp³-hybridized carbons (Fsp3) is 0.353. The molecular formula is C17H21N5OS. The van der Waals surface area contributed by atoms with Gasteiger partial charge in [0.2, 0.25) is 0 Å². The largest absolute Gasteiger partial charge is 0.312 e. The molecular weight excluding hydrogens is 322 g/mol. The minimum atomic E-state index is -0.117. The quantitative estimate of drug-likeness (QED) is 0.623. The molecule has 1 aromatic carbocycles. The average Bonchev–Trinajstić information content (AvgIpc) is 3.04. The number of allylic oxidation sites excluding steroid dienone is 2. The van der Waals surface area contributed by atoms with Crippen molar-refractivity contribution in [2.24, 2.45) is 7.05 Å². The number of amides is 1. The standard InChI is InChI=1S/C17H21N5OS/c1-22-12-18-21-17(22)24-11-13-7-9-14(10-8-13)16(23)20-19-15-5-3-2-4-6-15/h5,7-10,12,19H,2-4,6,11H2,1H3,(H,20,23). The number of carbonyl (C=O) groups is 1. The molecule has 1 amide bonds. The van der Waals surface area contributed by atoms with Gasteiger partial charge in [-0.2, -0.15) is 0 Å². The maximum absolute atomic E-state index is 12.2. The van der Waals surface area contributed by atoms with E-state index >= 15 is 0 Å². The van der Waals surface area contributed by atoms with Crippen LogP contribution in [0.3, 0.4) is 0 Å². The van der Waals surface area contributed by atoms with Gasteiger partial charge in [-0.3, -0.25) is 10.2 Å². The minimum absolute atomic E-state index is 0.117. The number of hydrogen-bond acceptors (Lipinski definition) is 5. The number of hydrogen-bond donors (Lipinski definition) is 2. The van der Waals surface area contributed by atoms with Crippen LogP contribution >= 0.6 is 11.8 Å². The lowest BCUT2D eigenvalue weighted by Gasteiger charge is -2.15. The van der Waals surface area contributed by atoms with Crippen LogP contribution in [0.1, 0.15) is 41.6 Å². The summed E-state index contributed by atoms with van der Waals surface area (Å²) in [6.45, 7) is 0. The van der Waals surface area contributed by atoms with Gasteiger partial charge in [-0.15, -0.1) is 10.2 Å². The van der Waals surface area contributed by atoms with Crippen LogP contribution in [0.5, 0.6) is 0 Å². The molecule has 2 aromatic rings. The Bertz CT molecular complexity index is 723. The Kier molecular flexibility index (Phi) is 5.53. The van der Waals surface area contributed by atoms with Crippen LogP contribution in [0.2, 0.25) is 0 Å². The molecule has 6 nitrogen and oxygen atoms in total. The summed E-state index contributed by atoms with van der Waals surface area (Å²) in [5, 5.41) is 8.78. The molecule has 126 valence electrons. The molecule has 3 rings (SSSR count). The summed E-state index contributed by atoms with van der Waals surface area (Å²) in [4.78, 5) is 12.2. The van der Waals surface area contributed by atoms with Crippen LogP contribution in [0.25, 0.3) is 0 Å². The highest BCUT2D eigenvalue weighted by molar-refractivity contribution is 7.98. The lowest BCUT2D eigenvalue weighted by Crippen LogP contribution is -2.37. The highest BCUT2D eigenvalue weighted by Crippen LogP contribution is 2.20. The molecule has 0 radical (unpaired) electrons. The number of aromatic nitrogens is 3. The van der Waals surface area contributed by atoms with Crippen molar-refractivity contribution in [1.29, 1.82) is 0 Å². The first-order valence-electron chi connectivity index (χ1n) is 8.03. The van der Waals surface area contributed by atoms with Gasteiger partial charge in [0.1, 0.15) is 6.33 Å². The van der Waals surface area contributed by atoms with Crippen LogP contribution in [0, 0.1) is 0 Å². The smallest absolute Gasteiger partial charge is 0.269 e. The van der Waals surface area contributed by atoms with Gasteiger partial charge in [-0.1, -0.05) is 30.0 Å². The molecule has 1 aliphatic carbocycles. The topological polar surface area (TPSA) is 71.8 Å². The van der Waals surface area contributed by atoms with E-state index in [1.807, 2.05) is 35.9 Å². The zero-order chi connectivity index (χ0) is 16.8. The first kappa shape index (κ1) is 16.6. The molecule has 1 heterocycles. The fourth-order valence-electron chi connectivity index (χ4n) is 2.46. The first-order valence-corrected chi connectivity index (χ1v) is 9.02. The molecule has 2 N–H and O–H groups in total. The van der Waals surface area contributed by atoms with Crippen molar-refractivity contribution in [3.63, 3.8) is 0 Å². The summed E-state index contributed by atoms with van der Waals surface area (Å²) in [6.07, 6.45) is 8.31. The number of hydrazine groups is 1. The molecule has 0 spiro atoms. The first-order chi connectivity index (χ1) is 11.7. The Hall–Kier alpha value is -2.28. The summed E-state index contributed by atoms with van der Waals surface area (Å²) in [5.74, 6) is 0.675. The van der Waals surface area contributed by atoms with Gasteiger partial charge in [0.25, 0.3) is 5.91 Å². The van der Waals surface area contributed by atoms with E-state index in [4.69, 9.17) is 0 Å². The SMILES string of the molecule is Cn1cnnc1SCc1ccc(C(=O)NNC2=CCCCC2)cc1. The Labute approximate surface area is 145 Å². The third kappa shape index (κ3) is 4.38. The van der Waals surface area contributed by atoms with Gasteiger partial charge in [-0.05, 0) is 43.4 Å². The number of rotatable bonds is 6. The van der Waals surface area contributed by atoms with Crippen LogP contribution in [0.4, 0.5) is 0 Å². The van der Waals surface area contributed by atoms with Crippen LogP contribution < -0.4 is 10.9 Å². The predicted molar refractivity (Wildman–Crippen MR) is 94.2 cm³/mol. The molecule has 0 atom stereocenters. The average molecular weight is 343 g/mol. The Morgan fingerprint density at radius 1 is 1.29 bits per heavy atom. The van der Waals surface area contributed by atoms with Gasteiger partial charge in [0, 0.05) is 24.1 Å².